The Labute approximate surface area is 177 Å². The first-order chi connectivity index (χ1) is 14.4. The molecule has 2 fully saturated rings. The number of rotatable bonds is 4. The van der Waals surface area contributed by atoms with Gasteiger partial charge in [-0.05, 0) is 56.1 Å². The number of alkyl halides is 3. The van der Waals surface area contributed by atoms with E-state index in [-0.39, 0.29) is 0 Å². The van der Waals surface area contributed by atoms with Crippen LogP contribution in [0.2, 0.25) is 0 Å². The number of halogens is 3. The number of para-hydroxylation sites is 1. The van der Waals surface area contributed by atoms with Crippen molar-refractivity contribution in [3.8, 4) is 0 Å². The maximum atomic E-state index is 13.3. The standard InChI is InChI=1S/C24H30F3N3/c1-19-6-2-5-9-23(19)30-16-14-29(15-17-30)21-10-12-28(13-11-21)18-20-7-3-4-8-22(20)24(25,26)27/h2-9,21H,10-18H2,1H3. The van der Waals surface area contributed by atoms with Crippen molar-refractivity contribution in [2.24, 2.45) is 0 Å². The normalized spacial score (nSPS) is 19.9. The fourth-order valence-corrected chi connectivity index (χ4v) is 4.86. The Morgan fingerprint density at radius 2 is 1.47 bits per heavy atom. The highest BCUT2D eigenvalue weighted by molar-refractivity contribution is 5.53. The van der Waals surface area contributed by atoms with E-state index >= 15 is 0 Å². The van der Waals surface area contributed by atoms with Crippen LogP contribution in [0, 0.1) is 6.92 Å². The summed E-state index contributed by atoms with van der Waals surface area (Å²) in [7, 11) is 0. The SMILES string of the molecule is Cc1ccccc1N1CCN(C2CCN(Cc3ccccc3C(F)(F)F)CC2)CC1. The van der Waals surface area contributed by atoms with Crippen LogP contribution >= 0.6 is 0 Å². The van der Waals surface area contributed by atoms with E-state index in [1.54, 1.807) is 12.1 Å². The van der Waals surface area contributed by atoms with Crippen LogP contribution < -0.4 is 4.90 Å². The Morgan fingerprint density at radius 3 is 2.13 bits per heavy atom. The Balaban J connectivity index is 1.28. The lowest BCUT2D eigenvalue weighted by atomic mass is 10.00. The highest BCUT2D eigenvalue weighted by Crippen LogP contribution is 2.33. The van der Waals surface area contributed by atoms with Crippen molar-refractivity contribution in [3.63, 3.8) is 0 Å². The van der Waals surface area contributed by atoms with E-state index in [2.05, 4.69) is 45.9 Å². The number of likely N-dealkylation sites (tertiary alicyclic amines) is 1. The summed E-state index contributed by atoms with van der Waals surface area (Å²) in [6.45, 7) is 8.42. The number of piperidine rings is 1. The second kappa shape index (κ2) is 8.98. The smallest absolute Gasteiger partial charge is 0.369 e. The molecule has 0 bridgehead atoms. The molecule has 0 aromatic heterocycles. The summed E-state index contributed by atoms with van der Waals surface area (Å²) >= 11 is 0. The maximum absolute atomic E-state index is 13.3. The van der Waals surface area contributed by atoms with E-state index in [0.717, 1.165) is 52.1 Å². The third-order valence-corrected chi connectivity index (χ3v) is 6.56. The van der Waals surface area contributed by atoms with Crippen molar-refractivity contribution in [2.75, 3.05) is 44.2 Å². The van der Waals surface area contributed by atoms with E-state index < -0.39 is 11.7 Å². The first-order valence-electron chi connectivity index (χ1n) is 10.8. The van der Waals surface area contributed by atoms with E-state index in [4.69, 9.17) is 0 Å². The molecule has 0 aliphatic carbocycles. The molecule has 0 atom stereocenters. The van der Waals surface area contributed by atoms with E-state index in [0.29, 0.717) is 18.2 Å². The van der Waals surface area contributed by atoms with Crippen molar-refractivity contribution in [1.29, 1.82) is 0 Å². The quantitative estimate of drug-likeness (QED) is 0.708. The third-order valence-electron chi connectivity index (χ3n) is 6.56. The van der Waals surface area contributed by atoms with Crippen LogP contribution in [-0.2, 0) is 12.7 Å². The largest absolute Gasteiger partial charge is 0.416 e. The van der Waals surface area contributed by atoms with Crippen molar-refractivity contribution >= 4 is 5.69 Å². The molecule has 4 rings (SSSR count). The molecular weight excluding hydrogens is 387 g/mol. The zero-order chi connectivity index (χ0) is 21.1. The molecule has 162 valence electrons. The summed E-state index contributed by atoms with van der Waals surface area (Å²) in [5.74, 6) is 0. The van der Waals surface area contributed by atoms with Crippen LogP contribution in [0.15, 0.2) is 48.5 Å². The lowest BCUT2D eigenvalue weighted by molar-refractivity contribution is -0.138. The van der Waals surface area contributed by atoms with Crippen LogP contribution in [0.3, 0.4) is 0 Å². The Bertz CT molecular complexity index is 836. The van der Waals surface area contributed by atoms with E-state index in [9.17, 15) is 13.2 Å². The predicted molar refractivity (Wildman–Crippen MR) is 115 cm³/mol. The molecular formula is C24H30F3N3. The second-order valence-electron chi connectivity index (χ2n) is 8.47. The Kier molecular flexibility index (Phi) is 6.34. The molecule has 2 heterocycles. The van der Waals surface area contributed by atoms with Crippen LogP contribution in [0.25, 0.3) is 0 Å². The minimum Gasteiger partial charge on any atom is -0.369 e. The van der Waals surface area contributed by atoms with Crippen LogP contribution in [0.1, 0.15) is 29.5 Å². The minimum absolute atomic E-state index is 0.378. The molecule has 0 N–H and O–H groups in total. The van der Waals surface area contributed by atoms with E-state index in [1.165, 1.54) is 23.4 Å². The molecule has 2 aromatic carbocycles. The van der Waals surface area contributed by atoms with Crippen molar-refractivity contribution < 1.29 is 13.2 Å². The zero-order valence-corrected chi connectivity index (χ0v) is 17.5. The van der Waals surface area contributed by atoms with Gasteiger partial charge in [0.25, 0.3) is 0 Å². The first kappa shape index (κ1) is 21.2. The lowest BCUT2D eigenvalue weighted by Gasteiger charge is -2.43. The number of piperazine rings is 1. The summed E-state index contributed by atoms with van der Waals surface area (Å²) in [6, 6.07) is 15.0. The van der Waals surface area contributed by atoms with Gasteiger partial charge in [0.1, 0.15) is 0 Å². The first-order valence-corrected chi connectivity index (χ1v) is 10.8. The molecule has 0 amide bonds. The zero-order valence-electron chi connectivity index (χ0n) is 17.5. The van der Waals surface area contributed by atoms with Gasteiger partial charge in [-0.2, -0.15) is 13.2 Å². The molecule has 2 saturated heterocycles. The Morgan fingerprint density at radius 1 is 0.833 bits per heavy atom. The number of aryl methyl sites for hydroxylation is 1. The molecule has 2 aliphatic rings. The number of nitrogens with zero attached hydrogens (tertiary/aromatic N) is 3. The third kappa shape index (κ3) is 4.81. The van der Waals surface area contributed by atoms with Crippen LogP contribution in [-0.4, -0.2) is 55.1 Å². The van der Waals surface area contributed by atoms with Gasteiger partial charge in [-0.1, -0.05) is 36.4 Å². The lowest BCUT2D eigenvalue weighted by Crippen LogP contribution is -2.53. The van der Waals surface area contributed by atoms with Gasteiger partial charge in [0.05, 0.1) is 5.56 Å². The Hall–Kier alpha value is -2.05. The molecule has 0 unspecified atom stereocenters. The van der Waals surface area contributed by atoms with Crippen molar-refractivity contribution in [2.45, 2.75) is 38.5 Å². The summed E-state index contributed by atoms with van der Waals surface area (Å²) in [5, 5.41) is 0. The average molecular weight is 418 g/mol. The van der Waals surface area contributed by atoms with Gasteiger partial charge < -0.3 is 4.90 Å². The number of hydrogen-bond donors (Lipinski definition) is 0. The molecule has 2 aromatic rings. The average Bonchev–Trinajstić information content (AvgIpc) is 2.75. The highest BCUT2D eigenvalue weighted by Gasteiger charge is 2.34. The van der Waals surface area contributed by atoms with Crippen molar-refractivity contribution in [1.82, 2.24) is 9.80 Å². The van der Waals surface area contributed by atoms with Gasteiger partial charge in [0.2, 0.25) is 0 Å². The number of anilines is 1. The molecule has 0 spiro atoms. The van der Waals surface area contributed by atoms with Gasteiger partial charge in [-0.3, -0.25) is 9.80 Å². The molecule has 6 heteroatoms. The van der Waals surface area contributed by atoms with Crippen LogP contribution in [0.5, 0.6) is 0 Å². The fraction of sp³-hybridized carbons (Fsp3) is 0.500. The van der Waals surface area contributed by atoms with Gasteiger partial charge in [0, 0.05) is 44.5 Å². The molecule has 0 saturated carbocycles. The minimum atomic E-state index is -4.29. The summed E-state index contributed by atoms with van der Waals surface area (Å²) in [4.78, 5) is 7.22. The monoisotopic (exact) mass is 417 g/mol. The highest BCUT2D eigenvalue weighted by atomic mass is 19.4. The van der Waals surface area contributed by atoms with Gasteiger partial charge in [-0.15, -0.1) is 0 Å². The second-order valence-corrected chi connectivity index (χ2v) is 8.47. The maximum Gasteiger partial charge on any atom is 0.416 e. The summed E-state index contributed by atoms with van der Waals surface area (Å²) in [5.41, 5.74) is 2.53. The number of benzene rings is 2. The summed E-state index contributed by atoms with van der Waals surface area (Å²) < 4.78 is 39.8. The number of hydrogen-bond acceptors (Lipinski definition) is 3. The van der Waals surface area contributed by atoms with Gasteiger partial charge in [-0.25, -0.2) is 0 Å². The van der Waals surface area contributed by atoms with E-state index in [1.807, 2.05) is 0 Å². The van der Waals surface area contributed by atoms with Crippen LogP contribution in [0.4, 0.5) is 18.9 Å². The van der Waals surface area contributed by atoms with Gasteiger partial charge in [0.15, 0.2) is 0 Å². The summed E-state index contributed by atoms with van der Waals surface area (Å²) in [6.07, 6.45) is -2.23. The molecule has 3 nitrogen and oxygen atoms in total. The topological polar surface area (TPSA) is 9.72 Å². The fourth-order valence-electron chi connectivity index (χ4n) is 4.86. The molecule has 2 aliphatic heterocycles. The molecule has 0 radical (unpaired) electrons. The van der Waals surface area contributed by atoms with Crippen molar-refractivity contribution in [3.05, 3.63) is 65.2 Å². The predicted octanol–water partition coefficient (Wildman–Crippen LogP) is 4.80. The van der Waals surface area contributed by atoms with Gasteiger partial charge >= 0.3 is 6.18 Å². The molecule has 30 heavy (non-hydrogen) atoms.